The Labute approximate surface area is 371 Å². The Morgan fingerprint density at radius 1 is 0.359 bits per heavy atom. The number of para-hydroxylation sites is 1. The second-order valence-corrected chi connectivity index (χ2v) is 17.6. The van der Waals surface area contributed by atoms with E-state index in [-0.39, 0.29) is 5.41 Å². The topological polar surface area (TPSA) is 29.5 Å². The van der Waals surface area contributed by atoms with Crippen LogP contribution in [0.15, 0.2) is 221 Å². The van der Waals surface area contributed by atoms with E-state index < -0.39 is 0 Å². The van der Waals surface area contributed by atoms with E-state index in [0.717, 1.165) is 88.6 Å². The molecule has 2 heterocycles. The number of benzene rings is 10. The van der Waals surface area contributed by atoms with Crippen LogP contribution in [0.5, 0.6) is 0 Å². The van der Waals surface area contributed by atoms with Crippen LogP contribution in [0.25, 0.3) is 99.2 Å². The molecule has 0 atom stereocenters. The van der Waals surface area contributed by atoms with Crippen molar-refractivity contribution in [2.75, 3.05) is 4.90 Å². The van der Waals surface area contributed by atoms with Gasteiger partial charge in [0.05, 0.1) is 0 Å². The van der Waals surface area contributed by atoms with E-state index in [0.29, 0.717) is 0 Å². The predicted molar refractivity (Wildman–Crippen MR) is 267 cm³/mol. The Morgan fingerprint density at radius 2 is 0.906 bits per heavy atom. The molecule has 0 spiro atoms. The van der Waals surface area contributed by atoms with E-state index in [2.05, 4.69) is 219 Å². The number of furan rings is 2. The highest BCUT2D eigenvalue weighted by Gasteiger charge is 2.37. The largest absolute Gasteiger partial charge is 0.456 e. The maximum absolute atomic E-state index is 6.56. The molecule has 0 saturated carbocycles. The van der Waals surface area contributed by atoms with Crippen molar-refractivity contribution in [3.05, 3.63) is 223 Å². The number of fused-ring (bicyclic) bond motifs is 11. The van der Waals surface area contributed by atoms with Gasteiger partial charge in [-0.05, 0) is 128 Å². The first kappa shape index (κ1) is 36.5. The summed E-state index contributed by atoms with van der Waals surface area (Å²) >= 11 is 0. The van der Waals surface area contributed by atoms with Gasteiger partial charge in [-0.25, -0.2) is 0 Å². The first-order valence-electron chi connectivity index (χ1n) is 22.1. The van der Waals surface area contributed by atoms with Crippen molar-refractivity contribution in [2.45, 2.75) is 19.3 Å². The van der Waals surface area contributed by atoms with Gasteiger partial charge in [0.15, 0.2) is 0 Å². The van der Waals surface area contributed by atoms with Gasteiger partial charge >= 0.3 is 0 Å². The summed E-state index contributed by atoms with van der Waals surface area (Å²) < 4.78 is 12.8. The van der Waals surface area contributed by atoms with Crippen LogP contribution in [0, 0.1) is 0 Å². The zero-order chi connectivity index (χ0) is 42.5. The molecule has 13 rings (SSSR count). The number of hydrogen-bond acceptors (Lipinski definition) is 3. The number of nitrogens with zero attached hydrogens (tertiary/aromatic N) is 1. The minimum absolute atomic E-state index is 0.105. The molecular weight excluding hydrogens is 779 g/mol. The van der Waals surface area contributed by atoms with Crippen LogP contribution in [0.3, 0.4) is 0 Å². The van der Waals surface area contributed by atoms with Gasteiger partial charge in [-0.2, -0.15) is 0 Å². The summed E-state index contributed by atoms with van der Waals surface area (Å²) in [4.78, 5) is 2.36. The summed E-state index contributed by atoms with van der Waals surface area (Å²) in [7, 11) is 0. The van der Waals surface area contributed by atoms with Crippen LogP contribution in [-0.2, 0) is 5.41 Å². The second kappa shape index (κ2) is 13.9. The molecule has 0 radical (unpaired) electrons. The van der Waals surface area contributed by atoms with Gasteiger partial charge in [0, 0.05) is 49.4 Å². The molecule has 0 amide bonds. The van der Waals surface area contributed by atoms with Crippen molar-refractivity contribution in [3.8, 4) is 44.5 Å². The fraction of sp³-hybridized carbons (Fsp3) is 0.0492. The molecule has 3 heteroatoms. The van der Waals surface area contributed by atoms with Crippen molar-refractivity contribution in [1.82, 2.24) is 0 Å². The maximum Gasteiger partial charge on any atom is 0.143 e. The van der Waals surface area contributed by atoms with Crippen molar-refractivity contribution >= 4 is 71.7 Å². The second-order valence-electron chi connectivity index (χ2n) is 17.6. The highest BCUT2D eigenvalue weighted by molar-refractivity contribution is 6.19. The molecule has 302 valence electrons. The lowest BCUT2D eigenvalue weighted by molar-refractivity contribution is 0.662. The minimum Gasteiger partial charge on any atom is -0.456 e. The zero-order valence-corrected chi connectivity index (χ0v) is 35.5. The fourth-order valence-corrected chi connectivity index (χ4v) is 10.6. The fourth-order valence-electron chi connectivity index (χ4n) is 10.6. The third kappa shape index (κ3) is 5.54. The monoisotopic (exact) mass is 819 g/mol. The van der Waals surface area contributed by atoms with Gasteiger partial charge in [-0.15, -0.1) is 0 Å². The predicted octanol–water partition coefficient (Wildman–Crippen LogP) is 17.4. The Hall–Kier alpha value is -8.14. The lowest BCUT2D eigenvalue weighted by atomic mass is 9.79. The first-order chi connectivity index (χ1) is 31.5. The van der Waals surface area contributed by atoms with Crippen molar-refractivity contribution in [2.24, 2.45) is 0 Å². The number of anilines is 3. The van der Waals surface area contributed by atoms with Gasteiger partial charge in [0.2, 0.25) is 0 Å². The van der Waals surface area contributed by atoms with E-state index in [1.165, 1.54) is 38.8 Å². The molecule has 0 unspecified atom stereocenters. The molecule has 0 N–H and O–H groups in total. The standard InChI is InChI=1S/C61H41NO2/c1-61(2)54-18-7-5-13-49(54)52-17-9-16-47(59(52)61)41-25-33-45(34-26-41)62(43-29-21-38(22-30-43)42-28-35-51-50-14-6-8-19-55(50)63-57(51)37-42)44-31-23-40(24-32-44)46-15-10-20-56-58(46)53-36-27-39-11-3-4-12-48(39)60(53)64-56/h3-37H,1-2H3. The lowest BCUT2D eigenvalue weighted by Gasteiger charge is -2.27. The normalized spacial score (nSPS) is 13.0. The summed E-state index contributed by atoms with van der Waals surface area (Å²) in [6.45, 7) is 4.72. The average Bonchev–Trinajstić information content (AvgIpc) is 4.00. The van der Waals surface area contributed by atoms with E-state index in [9.17, 15) is 0 Å². The quantitative estimate of drug-likeness (QED) is 0.167. The van der Waals surface area contributed by atoms with Crippen molar-refractivity contribution in [1.29, 1.82) is 0 Å². The van der Waals surface area contributed by atoms with Gasteiger partial charge in [-0.3, -0.25) is 0 Å². The van der Waals surface area contributed by atoms with E-state index >= 15 is 0 Å². The zero-order valence-electron chi connectivity index (χ0n) is 35.5. The molecule has 3 nitrogen and oxygen atoms in total. The molecular formula is C61H41NO2. The summed E-state index contributed by atoms with van der Waals surface area (Å²) in [6, 6.07) is 76.6. The molecule has 12 aromatic rings. The summed E-state index contributed by atoms with van der Waals surface area (Å²) in [5.41, 5.74) is 19.2. The van der Waals surface area contributed by atoms with Crippen LogP contribution in [0.2, 0.25) is 0 Å². The first-order valence-corrected chi connectivity index (χ1v) is 22.1. The third-order valence-electron chi connectivity index (χ3n) is 13.7. The molecule has 2 aromatic heterocycles. The van der Waals surface area contributed by atoms with E-state index in [4.69, 9.17) is 8.83 Å². The molecule has 64 heavy (non-hydrogen) atoms. The SMILES string of the molecule is CC1(C)c2ccccc2-c2cccc(-c3ccc(N(c4ccc(-c5ccc6c(c5)oc5ccccc56)cc4)c4ccc(-c5cccc6oc7c8ccccc8ccc7c56)cc4)cc3)c21. The number of rotatable bonds is 6. The third-order valence-corrected chi connectivity index (χ3v) is 13.7. The van der Waals surface area contributed by atoms with Gasteiger partial charge in [-0.1, -0.05) is 159 Å². The molecule has 0 saturated heterocycles. The number of hydrogen-bond donors (Lipinski definition) is 0. The molecule has 10 aromatic carbocycles. The summed E-state index contributed by atoms with van der Waals surface area (Å²) in [5, 5.41) is 6.85. The summed E-state index contributed by atoms with van der Waals surface area (Å²) in [5.74, 6) is 0. The molecule has 0 bridgehead atoms. The minimum atomic E-state index is -0.105. The molecule has 0 aliphatic heterocycles. The van der Waals surface area contributed by atoms with Gasteiger partial charge in [0.25, 0.3) is 0 Å². The Kier molecular flexibility index (Phi) is 7.95. The smallest absolute Gasteiger partial charge is 0.143 e. The highest BCUT2D eigenvalue weighted by Crippen LogP contribution is 2.52. The van der Waals surface area contributed by atoms with Crippen LogP contribution in [0.1, 0.15) is 25.0 Å². The highest BCUT2D eigenvalue weighted by atomic mass is 16.3. The molecule has 1 aliphatic carbocycles. The van der Waals surface area contributed by atoms with Gasteiger partial charge < -0.3 is 13.7 Å². The van der Waals surface area contributed by atoms with E-state index in [1.807, 2.05) is 12.1 Å². The Bertz CT molecular complexity index is 3790. The van der Waals surface area contributed by atoms with Crippen molar-refractivity contribution < 1.29 is 8.83 Å². The van der Waals surface area contributed by atoms with Crippen LogP contribution >= 0.6 is 0 Å². The molecule has 1 aliphatic rings. The Morgan fingerprint density at radius 3 is 1.69 bits per heavy atom. The van der Waals surface area contributed by atoms with E-state index in [1.54, 1.807) is 0 Å². The average molecular weight is 820 g/mol. The van der Waals surface area contributed by atoms with Crippen LogP contribution < -0.4 is 4.90 Å². The maximum atomic E-state index is 6.56. The van der Waals surface area contributed by atoms with Crippen molar-refractivity contribution in [3.63, 3.8) is 0 Å². The van der Waals surface area contributed by atoms with Crippen LogP contribution in [0.4, 0.5) is 17.1 Å². The van der Waals surface area contributed by atoms with Gasteiger partial charge in [0.1, 0.15) is 22.3 Å². The molecule has 0 fully saturated rings. The van der Waals surface area contributed by atoms with Crippen LogP contribution in [-0.4, -0.2) is 0 Å². The lowest BCUT2D eigenvalue weighted by Crippen LogP contribution is -2.16. The Balaban J connectivity index is 0.904. The summed E-state index contributed by atoms with van der Waals surface area (Å²) in [6.07, 6.45) is 0.